The lowest BCUT2D eigenvalue weighted by Crippen LogP contribution is -2.12. The Balaban J connectivity index is 1.75. The van der Waals surface area contributed by atoms with Gasteiger partial charge >= 0.3 is 0 Å². The van der Waals surface area contributed by atoms with Gasteiger partial charge in [-0.05, 0) is 23.3 Å². The second-order valence-corrected chi connectivity index (χ2v) is 7.06. The fraction of sp³-hybridized carbons (Fsp3) is 0.0435. The minimum atomic E-state index is 0.219. The number of benzene rings is 3. The van der Waals surface area contributed by atoms with Gasteiger partial charge in [-0.2, -0.15) is 5.10 Å². The molecule has 0 unspecified atom stereocenters. The van der Waals surface area contributed by atoms with Crippen LogP contribution in [0.15, 0.2) is 100 Å². The molecule has 0 saturated heterocycles. The monoisotopic (exact) mass is 385 g/mol. The third kappa shape index (κ3) is 4.27. The standard InChI is InChI=1S/C23H19N3OS/c27-21-13-7-10-19(14-21)16-25-26-22(20-11-5-2-6-12-20)17-28-23(26)24-15-18-8-3-1-4-9-18/h1-14,16-17,27H,15H2. The second-order valence-electron chi connectivity index (χ2n) is 6.22. The molecule has 1 aromatic heterocycles. The molecule has 1 heterocycles. The van der Waals surface area contributed by atoms with E-state index in [-0.39, 0.29) is 5.75 Å². The molecule has 4 aromatic rings. The number of thiazole rings is 1. The number of phenolic OH excluding ortho intramolecular Hbond substituents is 1. The zero-order valence-electron chi connectivity index (χ0n) is 15.1. The van der Waals surface area contributed by atoms with Crippen molar-refractivity contribution in [2.45, 2.75) is 6.54 Å². The number of aromatic nitrogens is 1. The van der Waals surface area contributed by atoms with E-state index in [1.54, 1.807) is 35.8 Å². The fourth-order valence-electron chi connectivity index (χ4n) is 2.80. The molecule has 28 heavy (non-hydrogen) atoms. The van der Waals surface area contributed by atoms with Gasteiger partial charge in [-0.15, -0.1) is 11.3 Å². The topological polar surface area (TPSA) is 49.9 Å². The van der Waals surface area contributed by atoms with E-state index in [1.165, 1.54) is 0 Å². The molecular weight excluding hydrogens is 366 g/mol. The van der Waals surface area contributed by atoms with Crippen molar-refractivity contribution in [1.29, 1.82) is 0 Å². The number of hydrogen-bond donors (Lipinski definition) is 1. The molecule has 0 aliphatic rings. The Morgan fingerprint density at radius 1 is 0.893 bits per heavy atom. The van der Waals surface area contributed by atoms with Crippen LogP contribution in [-0.2, 0) is 6.54 Å². The van der Waals surface area contributed by atoms with E-state index in [0.717, 1.165) is 27.2 Å². The molecule has 5 heteroatoms. The minimum absolute atomic E-state index is 0.219. The molecular formula is C23H19N3OS. The first-order valence-corrected chi connectivity index (χ1v) is 9.81. The van der Waals surface area contributed by atoms with Crippen LogP contribution in [0.25, 0.3) is 11.3 Å². The van der Waals surface area contributed by atoms with Crippen LogP contribution in [0.5, 0.6) is 5.75 Å². The summed E-state index contributed by atoms with van der Waals surface area (Å²) in [5.41, 5.74) is 4.04. The lowest BCUT2D eigenvalue weighted by Gasteiger charge is -2.03. The maximum Gasteiger partial charge on any atom is 0.206 e. The molecule has 0 fully saturated rings. The van der Waals surface area contributed by atoms with Crippen LogP contribution >= 0.6 is 11.3 Å². The van der Waals surface area contributed by atoms with Crippen molar-refractivity contribution >= 4 is 17.6 Å². The van der Waals surface area contributed by atoms with E-state index in [4.69, 9.17) is 4.99 Å². The van der Waals surface area contributed by atoms with Gasteiger partial charge in [0, 0.05) is 10.9 Å². The Labute approximate surface area is 167 Å². The van der Waals surface area contributed by atoms with E-state index in [0.29, 0.717) is 6.54 Å². The summed E-state index contributed by atoms with van der Waals surface area (Å²) in [4.78, 5) is 5.59. The van der Waals surface area contributed by atoms with Crippen LogP contribution < -0.4 is 4.80 Å². The minimum Gasteiger partial charge on any atom is -0.508 e. The summed E-state index contributed by atoms with van der Waals surface area (Å²) in [6.45, 7) is 0.594. The van der Waals surface area contributed by atoms with Gasteiger partial charge in [0.15, 0.2) is 0 Å². The molecule has 0 radical (unpaired) electrons. The van der Waals surface area contributed by atoms with E-state index in [1.807, 2.05) is 47.1 Å². The van der Waals surface area contributed by atoms with Crippen molar-refractivity contribution in [3.63, 3.8) is 0 Å². The maximum atomic E-state index is 9.68. The van der Waals surface area contributed by atoms with Crippen LogP contribution in [0.4, 0.5) is 0 Å². The van der Waals surface area contributed by atoms with Crippen LogP contribution in [0.3, 0.4) is 0 Å². The van der Waals surface area contributed by atoms with Crippen molar-refractivity contribution in [2.75, 3.05) is 0 Å². The van der Waals surface area contributed by atoms with Crippen LogP contribution in [0.1, 0.15) is 11.1 Å². The maximum absolute atomic E-state index is 9.68. The van der Waals surface area contributed by atoms with Crippen molar-refractivity contribution < 1.29 is 5.11 Å². The van der Waals surface area contributed by atoms with Crippen molar-refractivity contribution in [1.82, 2.24) is 4.68 Å². The number of rotatable bonds is 5. The number of nitrogens with zero attached hydrogens (tertiary/aromatic N) is 3. The quantitative estimate of drug-likeness (QED) is 0.488. The third-order valence-electron chi connectivity index (χ3n) is 4.19. The molecule has 0 aliphatic carbocycles. The van der Waals surface area contributed by atoms with E-state index >= 15 is 0 Å². The first-order valence-electron chi connectivity index (χ1n) is 8.93. The highest BCUT2D eigenvalue weighted by Crippen LogP contribution is 2.20. The van der Waals surface area contributed by atoms with Gasteiger partial charge in [0.25, 0.3) is 0 Å². The predicted octanol–water partition coefficient (Wildman–Crippen LogP) is 4.91. The van der Waals surface area contributed by atoms with Gasteiger partial charge in [0.05, 0.1) is 18.5 Å². The third-order valence-corrected chi connectivity index (χ3v) is 5.04. The molecule has 1 N–H and O–H groups in total. The summed E-state index contributed by atoms with van der Waals surface area (Å²) in [6.07, 6.45) is 1.74. The Hall–Kier alpha value is -3.44. The summed E-state index contributed by atoms with van der Waals surface area (Å²) in [7, 11) is 0. The Kier molecular flexibility index (Phi) is 5.45. The highest BCUT2D eigenvalue weighted by atomic mass is 32.1. The second kappa shape index (κ2) is 8.50. The molecule has 0 saturated carbocycles. The SMILES string of the molecule is Oc1cccc(C=Nn2c(-c3ccccc3)csc2=NCc2ccccc2)c1. The van der Waals surface area contributed by atoms with Gasteiger partial charge in [-0.3, -0.25) is 4.99 Å². The molecule has 4 nitrogen and oxygen atoms in total. The smallest absolute Gasteiger partial charge is 0.206 e. The molecule has 0 atom stereocenters. The lowest BCUT2D eigenvalue weighted by molar-refractivity contribution is 0.475. The number of aromatic hydroxyl groups is 1. The van der Waals surface area contributed by atoms with Gasteiger partial charge in [0.1, 0.15) is 5.75 Å². The first-order chi connectivity index (χ1) is 13.8. The molecule has 0 bridgehead atoms. The van der Waals surface area contributed by atoms with Crippen LogP contribution in [-0.4, -0.2) is 16.0 Å². The van der Waals surface area contributed by atoms with Gasteiger partial charge in [0.2, 0.25) is 4.80 Å². The molecule has 0 spiro atoms. The lowest BCUT2D eigenvalue weighted by atomic mass is 10.2. The van der Waals surface area contributed by atoms with E-state index in [9.17, 15) is 5.11 Å². The molecule has 138 valence electrons. The molecule has 4 rings (SSSR count). The summed E-state index contributed by atoms with van der Waals surface area (Å²) in [5, 5.41) is 16.4. The van der Waals surface area contributed by atoms with Crippen molar-refractivity contribution in [3.05, 3.63) is 106 Å². The summed E-state index contributed by atoms with van der Waals surface area (Å²) in [6, 6.07) is 27.3. The Bertz CT molecular complexity index is 1150. The highest BCUT2D eigenvalue weighted by molar-refractivity contribution is 7.07. The Morgan fingerprint density at radius 3 is 2.39 bits per heavy atom. The Morgan fingerprint density at radius 2 is 1.64 bits per heavy atom. The average molecular weight is 385 g/mol. The van der Waals surface area contributed by atoms with Gasteiger partial charge in [-0.1, -0.05) is 72.8 Å². The van der Waals surface area contributed by atoms with Gasteiger partial charge in [-0.25, -0.2) is 4.68 Å². The summed E-state index contributed by atoms with van der Waals surface area (Å²) >= 11 is 1.56. The summed E-state index contributed by atoms with van der Waals surface area (Å²) in [5.74, 6) is 0.219. The highest BCUT2D eigenvalue weighted by Gasteiger charge is 2.07. The number of hydrogen-bond acceptors (Lipinski definition) is 4. The zero-order valence-corrected chi connectivity index (χ0v) is 16.0. The first kappa shape index (κ1) is 17.9. The summed E-state index contributed by atoms with van der Waals surface area (Å²) < 4.78 is 1.85. The van der Waals surface area contributed by atoms with E-state index < -0.39 is 0 Å². The zero-order chi connectivity index (χ0) is 19.2. The van der Waals surface area contributed by atoms with Gasteiger partial charge < -0.3 is 5.11 Å². The fourth-order valence-corrected chi connectivity index (χ4v) is 3.64. The van der Waals surface area contributed by atoms with Crippen LogP contribution in [0.2, 0.25) is 0 Å². The normalized spacial score (nSPS) is 11.9. The predicted molar refractivity (Wildman–Crippen MR) is 115 cm³/mol. The van der Waals surface area contributed by atoms with Crippen molar-refractivity contribution in [2.24, 2.45) is 10.1 Å². The van der Waals surface area contributed by atoms with E-state index in [2.05, 4.69) is 34.7 Å². The molecule has 3 aromatic carbocycles. The molecule has 0 aliphatic heterocycles. The van der Waals surface area contributed by atoms with Crippen molar-refractivity contribution in [3.8, 4) is 17.0 Å². The number of phenols is 1. The van der Waals surface area contributed by atoms with Crippen LogP contribution in [0, 0.1) is 0 Å². The molecule has 0 amide bonds. The largest absolute Gasteiger partial charge is 0.508 e. The average Bonchev–Trinajstić information content (AvgIpc) is 3.15.